The minimum absolute atomic E-state index is 0.0843. The third kappa shape index (κ3) is 2.73. The molecule has 31 heavy (non-hydrogen) atoms. The van der Waals surface area contributed by atoms with E-state index >= 15 is 0 Å². The van der Waals surface area contributed by atoms with Gasteiger partial charge in [-0.05, 0) is 17.7 Å². The maximum Gasteiger partial charge on any atom is 0.343 e. The van der Waals surface area contributed by atoms with Crippen LogP contribution in [-0.2, 0) is 11.2 Å². The van der Waals surface area contributed by atoms with E-state index in [1.54, 1.807) is 19.2 Å². The number of likely N-dealkylation sites (N-methyl/N-ethyl adjacent to an activating group) is 1. The maximum absolute atomic E-state index is 13.7. The van der Waals surface area contributed by atoms with Gasteiger partial charge in [-0.1, -0.05) is 6.07 Å². The van der Waals surface area contributed by atoms with Gasteiger partial charge in [-0.3, -0.25) is 0 Å². The van der Waals surface area contributed by atoms with Crippen molar-refractivity contribution in [2.24, 2.45) is 0 Å². The first-order chi connectivity index (χ1) is 14.9. The van der Waals surface area contributed by atoms with Gasteiger partial charge in [-0.25, -0.2) is 4.79 Å². The van der Waals surface area contributed by atoms with E-state index in [0.717, 1.165) is 5.56 Å². The van der Waals surface area contributed by atoms with Crippen LogP contribution in [0.15, 0.2) is 18.2 Å². The molecule has 9 heteroatoms. The van der Waals surface area contributed by atoms with E-state index in [1.165, 1.54) is 21.3 Å². The van der Waals surface area contributed by atoms with Gasteiger partial charge in [0.15, 0.2) is 35.1 Å². The molecular formula is C22H23NO8. The van der Waals surface area contributed by atoms with Crippen molar-refractivity contribution in [1.82, 2.24) is 0 Å². The number of carbonyl (C=O) groups excluding carboxylic acids is 1. The van der Waals surface area contributed by atoms with Gasteiger partial charge in [0.25, 0.3) is 0 Å². The number of nitrogens with zero attached hydrogens (tertiary/aromatic N) is 1. The van der Waals surface area contributed by atoms with E-state index in [-0.39, 0.29) is 12.4 Å². The Morgan fingerprint density at radius 2 is 1.87 bits per heavy atom. The molecular weight excluding hydrogens is 406 g/mol. The van der Waals surface area contributed by atoms with Gasteiger partial charge in [-0.2, -0.15) is 0 Å². The molecule has 1 unspecified atom stereocenters. The zero-order valence-electron chi connectivity index (χ0n) is 17.7. The van der Waals surface area contributed by atoms with Crippen LogP contribution in [0.2, 0.25) is 0 Å². The lowest BCUT2D eigenvalue weighted by Crippen LogP contribution is -2.48. The number of cyclic esters (lactones) is 1. The number of hydroxylamine groups is 3. The Hall–Kier alpha value is -3.17. The minimum Gasteiger partial charge on any atom is -0.632 e. The molecule has 2 aromatic rings. The zero-order valence-corrected chi connectivity index (χ0v) is 17.7. The zero-order chi connectivity index (χ0) is 21.9. The van der Waals surface area contributed by atoms with Crippen molar-refractivity contribution in [1.29, 1.82) is 0 Å². The maximum atomic E-state index is 13.7. The molecule has 3 aliphatic rings. The van der Waals surface area contributed by atoms with Crippen molar-refractivity contribution in [3.8, 4) is 28.7 Å². The summed E-state index contributed by atoms with van der Waals surface area (Å²) in [7, 11) is 6.08. The first-order valence-electron chi connectivity index (χ1n) is 9.92. The van der Waals surface area contributed by atoms with Crippen LogP contribution in [0.3, 0.4) is 0 Å². The number of hydrogen-bond donors (Lipinski definition) is 0. The molecule has 0 saturated heterocycles. The summed E-state index contributed by atoms with van der Waals surface area (Å²) in [5.41, 5.74) is 2.46. The summed E-state index contributed by atoms with van der Waals surface area (Å²) in [5.74, 6) is 1.66. The van der Waals surface area contributed by atoms with Crippen molar-refractivity contribution >= 4 is 5.97 Å². The largest absolute Gasteiger partial charge is 0.632 e. The molecule has 0 aromatic heterocycles. The topological polar surface area (TPSA) is 95.5 Å². The molecule has 2 aromatic carbocycles. The number of quaternary nitrogens is 1. The minimum atomic E-state index is -0.821. The van der Waals surface area contributed by atoms with Gasteiger partial charge < -0.3 is 38.3 Å². The Morgan fingerprint density at radius 1 is 1.10 bits per heavy atom. The number of esters is 1. The Kier molecular flexibility index (Phi) is 4.42. The van der Waals surface area contributed by atoms with E-state index < -0.39 is 22.8 Å². The first-order valence-corrected chi connectivity index (χ1v) is 9.92. The molecule has 0 fully saturated rings. The Morgan fingerprint density at radius 3 is 2.58 bits per heavy atom. The standard InChI is InChI=1S/C22H23NO8/c1-23(25)8-7-11-9-14-20(30-10-29-14)21(28-4)15(11)17(23)18-12-5-6-13(26-2)19(27-3)16(12)22(24)31-18/h5-6,9,17-18H,7-8,10H2,1-4H3/t17-,18+,23?/m1/s1. The lowest BCUT2D eigenvalue weighted by molar-refractivity contribution is -0.899. The molecule has 3 aliphatic heterocycles. The molecule has 0 amide bonds. The van der Waals surface area contributed by atoms with Crippen molar-refractivity contribution in [2.45, 2.75) is 18.6 Å². The highest BCUT2D eigenvalue weighted by Crippen LogP contribution is 2.56. The van der Waals surface area contributed by atoms with Gasteiger partial charge in [0, 0.05) is 12.0 Å². The van der Waals surface area contributed by atoms with Crippen LogP contribution in [-0.4, -0.2) is 52.3 Å². The molecule has 0 radical (unpaired) electrons. The van der Waals surface area contributed by atoms with E-state index in [9.17, 15) is 10.0 Å². The van der Waals surface area contributed by atoms with Gasteiger partial charge in [-0.15, -0.1) is 0 Å². The second-order valence-corrected chi connectivity index (χ2v) is 7.90. The average molecular weight is 429 g/mol. The number of carbonyl (C=O) groups is 1. The Labute approximate surface area is 179 Å². The predicted octanol–water partition coefficient (Wildman–Crippen LogP) is 2.89. The summed E-state index contributed by atoms with van der Waals surface area (Å²) < 4.78 is 32.8. The van der Waals surface area contributed by atoms with Gasteiger partial charge >= 0.3 is 5.97 Å². The summed E-state index contributed by atoms with van der Waals surface area (Å²) in [5, 5.41) is 13.7. The third-order valence-corrected chi connectivity index (χ3v) is 6.27. The molecule has 0 N–H and O–H groups in total. The Balaban J connectivity index is 1.72. The van der Waals surface area contributed by atoms with Gasteiger partial charge in [0.2, 0.25) is 12.5 Å². The van der Waals surface area contributed by atoms with Crippen LogP contribution < -0.4 is 23.7 Å². The summed E-state index contributed by atoms with van der Waals surface area (Å²) in [6, 6.07) is 4.59. The highest BCUT2D eigenvalue weighted by Gasteiger charge is 2.50. The van der Waals surface area contributed by atoms with Gasteiger partial charge in [0.1, 0.15) is 5.56 Å². The monoisotopic (exact) mass is 429 g/mol. The fraction of sp³-hybridized carbons (Fsp3) is 0.409. The van der Waals surface area contributed by atoms with E-state index in [4.69, 9.17) is 28.4 Å². The SMILES string of the molecule is COc1ccc2c(c1OC)C(=O)O[C@@H]2[C@H]1c2c(cc3c(c2OC)OCO3)CC[N+]1(C)[O-]. The first kappa shape index (κ1) is 19.8. The number of methoxy groups -OCH3 is 3. The number of fused-ring (bicyclic) bond motifs is 3. The third-order valence-electron chi connectivity index (χ3n) is 6.27. The molecule has 0 spiro atoms. The van der Waals surface area contributed by atoms with E-state index in [2.05, 4.69) is 0 Å². The molecule has 5 rings (SSSR count). The molecule has 3 atom stereocenters. The van der Waals surface area contributed by atoms with Crippen molar-refractivity contribution in [2.75, 3.05) is 41.7 Å². The summed E-state index contributed by atoms with van der Waals surface area (Å²) >= 11 is 0. The lowest BCUT2D eigenvalue weighted by atomic mass is 9.85. The highest BCUT2D eigenvalue weighted by atomic mass is 16.7. The van der Waals surface area contributed by atoms with Crippen molar-refractivity contribution in [3.05, 3.63) is 45.7 Å². The summed E-state index contributed by atoms with van der Waals surface area (Å²) in [4.78, 5) is 12.9. The van der Waals surface area contributed by atoms with Crippen LogP contribution in [0.5, 0.6) is 28.7 Å². The second kappa shape index (κ2) is 6.93. The number of ether oxygens (including phenoxy) is 6. The van der Waals surface area contributed by atoms with Crippen molar-refractivity contribution in [3.63, 3.8) is 0 Å². The van der Waals surface area contributed by atoms with Crippen LogP contribution in [0.25, 0.3) is 0 Å². The molecule has 0 aliphatic carbocycles. The molecule has 0 saturated carbocycles. The summed E-state index contributed by atoms with van der Waals surface area (Å²) in [6.45, 7) is 0.401. The average Bonchev–Trinajstić information content (AvgIpc) is 3.35. The second-order valence-electron chi connectivity index (χ2n) is 7.90. The highest BCUT2D eigenvalue weighted by molar-refractivity contribution is 5.98. The fourth-order valence-electron chi connectivity index (χ4n) is 4.87. The van der Waals surface area contributed by atoms with Crippen LogP contribution in [0.4, 0.5) is 0 Å². The quantitative estimate of drug-likeness (QED) is 0.416. The normalized spacial score (nSPS) is 25.5. The molecule has 164 valence electrons. The molecule has 0 bridgehead atoms. The predicted molar refractivity (Wildman–Crippen MR) is 108 cm³/mol. The van der Waals surface area contributed by atoms with Crippen LogP contribution >= 0.6 is 0 Å². The fourth-order valence-corrected chi connectivity index (χ4v) is 4.87. The van der Waals surface area contributed by atoms with E-state index in [0.29, 0.717) is 52.8 Å². The van der Waals surface area contributed by atoms with E-state index in [1.807, 2.05) is 6.07 Å². The number of benzene rings is 2. The van der Waals surface area contributed by atoms with Crippen LogP contribution in [0.1, 0.15) is 39.2 Å². The number of rotatable bonds is 4. The van der Waals surface area contributed by atoms with Crippen LogP contribution in [0, 0.1) is 5.21 Å². The number of hydrogen-bond acceptors (Lipinski definition) is 8. The van der Waals surface area contributed by atoms with Crippen molar-refractivity contribution < 1.29 is 37.9 Å². The summed E-state index contributed by atoms with van der Waals surface area (Å²) in [6.07, 6.45) is -0.281. The molecule has 3 heterocycles. The Bertz CT molecular complexity index is 1080. The lowest BCUT2D eigenvalue weighted by Gasteiger charge is -2.50. The van der Waals surface area contributed by atoms with Gasteiger partial charge in [0.05, 0.1) is 40.5 Å². The molecule has 9 nitrogen and oxygen atoms in total. The smallest absolute Gasteiger partial charge is 0.343 e.